The minimum Gasteiger partial charge on any atom is -0.444 e. The Morgan fingerprint density at radius 3 is 2.38 bits per heavy atom. The molecule has 2 saturated heterocycles. The third-order valence-corrected chi connectivity index (χ3v) is 7.14. The second kappa shape index (κ2) is 10.1. The molecule has 0 unspecified atom stereocenters. The van der Waals surface area contributed by atoms with Crippen molar-refractivity contribution in [2.75, 3.05) is 37.7 Å². The summed E-state index contributed by atoms with van der Waals surface area (Å²) in [4.78, 5) is 25.0. The number of nitrogens with zero attached hydrogens (tertiary/aromatic N) is 4. The maximum atomic E-state index is 12.2. The van der Waals surface area contributed by atoms with Gasteiger partial charge in [0.15, 0.2) is 0 Å². The zero-order valence-corrected chi connectivity index (χ0v) is 20.4. The number of piperidine rings is 2. The van der Waals surface area contributed by atoms with Crippen LogP contribution in [0.3, 0.4) is 0 Å². The van der Waals surface area contributed by atoms with Crippen LogP contribution < -0.4 is 4.90 Å². The third kappa shape index (κ3) is 6.47. The molecule has 2 aliphatic heterocycles. The van der Waals surface area contributed by atoms with Gasteiger partial charge in [0, 0.05) is 32.8 Å². The van der Waals surface area contributed by atoms with Crippen molar-refractivity contribution >= 4 is 23.6 Å². The normalized spacial score (nSPS) is 25.1. The fraction of sp³-hybridized carbons (Fsp3) is 0.792. The van der Waals surface area contributed by atoms with Crippen LogP contribution in [-0.2, 0) is 9.47 Å². The maximum Gasteiger partial charge on any atom is 0.410 e. The molecular weight excluding hydrogens is 428 g/mol. The molecule has 0 N–H and O–H groups in total. The van der Waals surface area contributed by atoms with Gasteiger partial charge < -0.3 is 19.3 Å². The zero-order valence-electron chi connectivity index (χ0n) is 19.6. The number of hydrogen-bond acceptors (Lipinski definition) is 6. The van der Waals surface area contributed by atoms with E-state index in [9.17, 15) is 4.79 Å². The Morgan fingerprint density at radius 1 is 1.09 bits per heavy atom. The standard InChI is InChI=1S/C24H37ClN4O3/c1-24(2,3)32-23(30)29-11-6-20(7-12-29)31-13-8-18-14-21(18)17-4-9-28(10-5-17)22-26-15-19(25)16-27-22/h15-18,20-21H,4-14H2,1-3H3/t18-,21-/m1/s1. The Kier molecular flexibility index (Phi) is 7.45. The van der Waals surface area contributed by atoms with E-state index >= 15 is 0 Å². The van der Waals surface area contributed by atoms with Crippen LogP contribution in [0.15, 0.2) is 12.4 Å². The predicted octanol–water partition coefficient (Wildman–Crippen LogP) is 4.79. The molecule has 32 heavy (non-hydrogen) atoms. The first-order chi connectivity index (χ1) is 15.3. The van der Waals surface area contributed by atoms with Crippen molar-refractivity contribution in [1.82, 2.24) is 14.9 Å². The van der Waals surface area contributed by atoms with Crippen LogP contribution in [0.5, 0.6) is 0 Å². The summed E-state index contributed by atoms with van der Waals surface area (Å²) in [6.45, 7) is 10.1. The number of carbonyl (C=O) groups is 1. The van der Waals surface area contributed by atoms with Crippen molar-refractivity contribution in [2.24, 2.45) is 17.8 Å². The Morgan fingerprint density at radius 2 is 1.75 bits per heavy atom. The average Bonchev–Trinajstić information content (AvgIpc) is 3.53. The lowest BCUT2D eigenvalue weighted by Gasteiger charge is -2.33. The van der Waals surface area contributed by atoms with E-state index in [-0.39, 0.29) is 12.2 Å². The highest BCUT2D eigenvalue weighted by molar-refractivity contribution is 6.30. The van der Waals surface area contributed by atoms with Crippen LogP contribution in [0, 0.1) is 17.8 Å². The monoisotopic (exact) mass is 464 g/mol. The second-order valence-electron chi connectivity index (χ2n) is 10.5. The van der Waals surface area contributed by atoms with Crippen molar-refractivity contribution in [2.45, 2.75) is 71.0 Å². The van der Waals surface area contributed by atoms with Gasteiger partial charge in [-0.1, -0.05) is 11.6 Å². The molecule has 4 rings (SSSR count). The van der Waals surface area contributed by atoms with Crippen molar-refractivity contribution < 1.29 is 14.3 Å². The van der Waals surface area contributed by atoms with E-state index in [2.05, 4.69) is 14.9 Å². The number of anilines is 1. The van der Waals surface area contributed by atoms with Crippen molar-refractivity contribution in [3.05, 3.63) is 17.4 Å². The second-order valence-corrected chi connectivity index (χ2v) is 10.9. The summed E-state index contributed by atoms with van der Waals surface area (Å²) in [7, 11) is 0. The number of ether oxygens (including phenoxy) is 2. The molecule has 3 heterocycles. The highest BCUT2D eigenvalue weighted by Gasteiger charge is 2.43. The summed E-state index contributed by atoms with van der Waals surface area (Å²) < 4.78 is 11.6. The Hall–Kier alpha value is -1.60. The number of amides is 1. The molecule has 0 aromatic carbocycles. The van der Waals surface area contributed by atoms with Gasteiger partial charge in [0.2, 0.25) is 5.95 Å². The molecule has 178 valence electrons. The van der Waals surface area contributed by atoms with Gasteiger partial charge in [-0.15, -0.1) is 0 Å². The molecular formula is C24H37ClN4O3. The zero-order chi connectivity index (χ0) is 22.7. The summed E-state index contributed by atoms with van der Waals surface area (Å²) in [6.07, 6.45) is 10.2. The fourth-order valence-corrected chi connectivity index (χ4v) is 5.19. The molecule has 8 heteroatoms. The molecule has 3 fully saturated rings. The molecule has 3 aliphatic rings. The van der Waals surface area contributed by atoms with Gasteiger partial charge in [-0.2, -0.15) is 0 Å². The smallest absolute Gasteiger partial charge is 0.410 e. The number of aromatic nitrogens is 2. The molecule has 1 aliphatic carbocycles. The maximum absolute atomic E-state index is 12.2. The van der Waals surface area contributed by atoms with E-state index in [0.29, 0.717) is 5.02 Å². The number of halogens is 1. The lowest BCUT2D eigenvalue weighted by Crippen LogP contribution is -2.43. The lowest BCUT2D eigenvalue weighted by atomic mass is 9.90. The van der Waals surface area contributed by atoms with Gasteiger partial charge in [-0.3, -0.25) is 0 Å². The van der Waals surface area contributed by atoms with E-state index in [1.54, 1.807) is 12.4 Å². The Bertz CT molecular complexity index is 754. The van der Waals surface area contributed by atoms with E-state index in [4.69, 9.17) is 21.1 Å². The summed E-state index contributed by atoms with van der Waals surface area (Å²) in [5.41, 5.74) is -0.439. The minimum absolute atomic E-state index is 0.203. The molecule has 0 radical (unpaired) electrons. The average molecular weight is 465 g/mol. The SMILES string of the molecule is CC(C)(C)OC(=O)N1CCC(OCC[C@@H]2C[C@@H]2C2CCN(c3ncc(Cl)cn3)CC2)CC1. The van der Waals surface area contributed by atoms with Gasteiger partial charge in [-0.05, 0) is 77.0 Å². The number of rotatable bonds is 6. The van der Waals surface area contributed by atoms with E-state index in [1.165, 1.54) is 19.3 Å². The van der Waals surface area contributed by atoms with Crippen LogP contribution in [0.1, 0.15) is 59.3 Å². The minimum atomic E-state index is -0.439. The summed E-state index contributed by atoms with van der Waals surface area (Å²) in [5.74, 6) is 3.30. The van der Waals surface area contributed by atoms with Crippen LogP contribution in [0.4, 0.5) is 10.7 Å². The quantitative estimate of drug-likeness (QED) is 0.603. The van der Waals surface area contributed by atoms with Crippen molar-refractivity contribution in [1.29, 1.82) is 0 Å². The fourth-order valence-electron chi connectivity index (χ4n) is 5.09. The van der Waals surface area contributed by atoms with Gasteiger partial charge in [0.1, 0.15) is 5.60 Å². The Labute approximate surface area is 196 Å². The van der Waals surface area contributed by atoms with E-state index in [0.717, 1.165) is 75.8 Å². The number of likely N-dealkylation sites (tertiary alicyclic amines) is 1. The molecule has 7 nitrogen and oxygen atoms in total. The first kappa shape index (κ1) is 23.6. The van der Waals surface area contributed by atoms with Gasteiger partial charge >= 0.3 is 6.09 Å². The van der Waals surface area contributed by atoms with Crippen molar-refractivity contribution in [3.63, 3.8) is 0 Å². The Balaban J connectivity index is 1.09. The molecule has 1 aromatic rings. The van der Waals surface area contributed by atoms with Crippen LogP contribution in [-0.4, -0.2) is 65.5 Å². The largest absolute Gasteiger partial charge is 0.444 e. The van der Waals surface area contributed by atoms with Gasteiger partial charge in [0.05, 0.1) is 23.5 Å². The molecule has 1 amide bonds. The molecule has 1 saturated carbocycles. The highest BCUT2D eigenvalue weighted by Crippen LogP contribution is 2.50. The number of hydrogen-bond donors (Lipinski definition) is 0. The van der Waals surface area contributed by atoms with Crippen LogP contribution >= 0.6 is 11.6 Å². The highest BCUT2D eigenvalue weighted by atomic mass is 35.5. The topological polar surface area (TPSA) is 67.8 Å². The lowest BCUT2D eigenvalue weighted by molar-refractivity contribution is -0.0129. The van der Waals surface area contributed by atoms with Gasteiger partial charge in [0.25, 0.3) is 0 Å². The first-order valence-electron chi connectivity index (χ1n) is 12.1. The molecule has 2 atom stereocenters. The van der Waals surface area contributed by atoms with Gasteiger partial charge in [-0.25, -0.2) is 14.8 Å². The summed E-state index contributed by atoms with van der Waals surface area (Å²) in [6, 6.07) is 0. The first-order valence-corrected chi connectivity index (χ1v) is 12.5. The van der Waals surface area contributed by atoms with Crippen molar-refractivity contribution in [3.8, 4) is 0 Å². The summed E-state index contributed by atoms with van der Waals surface area (Å²) in [5, 5.41) is 0.584. The van der Waals surface area contributed by atoms with Crippen LogP contribution in [0.25, 0.3) is 0 Å². The van der Waals surface area contributed by atoms with Crippen LogP contribution in [0.2, 0.25) is 5.02 Å². The summed E-state index contributed by atoms with van der Waals surface area (Å²) >= 11 is 5.90. The third-order valence-electron chi connectivity index (χ3n) is 6.95. The van der Waals surface area contributed by atoms with E-state index < -0.39 is 5.60 Å². The van der Waals surface area contributed by atoms with E-state index in [1.807, 2.05) is 25.7 Å². The molecule has 0 bridgehead atoms. The predicted molar refractivity (Wildman–Crippen MR) is 125 cm³/mol. The molecule has 0 spiro atoms. The molecule has 1 aromatic heterocycles. The number of carbonyl (C=O) groups excluding carboxylic acids is 1.